The van der Waals surface area contributed by atoms with Crippen molar-refractivity contribution < 1.29 is 14.6 Å². The van der Waals surface area contributed by atoms with Crippen molar-refractivity contribution in [3.8, 4) is 5.75 Å². The average molecular weight is 270 g/mol. The third kappa shape index (κ3) is 3.18. The molecule has 0 fully saturated rings. The Labute approximate surface area is 118 Å². The maximum absolute atomic E-state index is 11.9. The average Bonchev–Trinajstić information content (AvgIpc) is 2.42. The van der Waals surface area contributed by atoms with Crippen LogP contribution in [-0.4, -0.2) is 11.1 Å². The van der Waals surface area contributed by atoms with Crippen LogP contribution < -0.4 is 0 Å². The van der Waals surface area contributed by atoms with Crippen LogP contribution in [0.2, 0.25) is 0 Å². The Morgan fingerprint density at radius 3 is 2.15 bits per heavy atom. The van der Waals surface area contributed by atoms with Gasteiger partial charge in [0, 0.05) is 0 Å². The monoisotopic (exact) mass is 270 g/mol. The van der Waals surface area contributed by atoms with Gasteiger partial charge in [0.2, 0.25) is 0 Å². The Morgan fingerprint density at radius 1 is 1.05 bits per heavy atom. The predicted molar refractivity (Wildman–Crippen MR) is 77.9 cm³/mol. The van der Waals surface area contributed by atoms with Gasteiger partial charge in [-0.3, -0.25) is 0 Å². The van der Waals surface area contributed by atoms with Crippen LogP contribution in [0.3, 0.4) is 0 Å². The molecule has 0 aliphatic carbocycles. The molecule has 1 N–H and O–H groups in total. The molecule has 0 bridgehead atoms. The zero-order valence-corrected chi connectivity index (χ0v) is 11.9. The van der Waals surface area contributed by atoms with E-state index in [2.05, 4.69) is 0 Å². The maximum Gasteiger partial charge on any atom is 0.338 e. The van der Waals surface area contributed by atoms with Crippen LogP contribution in [0.15, 0.2) is 36.4 Å². The van der Waals surface area contributed by atoms with Crippen molar-refractivity contribution in [3.63, 3.8) is 0 Å². The largest absolute Gasteiger partial charge is 0.507 e. The maximum atomic E-state index is 11.9. The topological polar surface area (TPSA) is 46.5 Å². The first-order valence-corrected chi connectivity index (χ1v) is 6.50. The standard InChI is InChI=1S/C17H18O3/c1-11-4-6-15(7-5-11)17(19)20-10-14-8-12(2)16(18)13(3)9-14/h4-9,18H,10H2,1-3H3. The molecule has 3 heteroatoms. The molecule has 0 spiro atoms. The first-order valence-electron chi connectivity index (χ1n) is 6.50. The number of phenolic OH excluding ortho intramolecular Hbond substituents is 1. The third-order valence-corrected chi connectivity index (χ3v) is 3.21. The van der Waals surface area contributed by atoms with Crippen LogP contribution in [0.25, 0.3) is 0 Å². The Balaban J connectivity index is 2.05. The van der Waals surface area contributed by atoms with Crippen LogP contribution in [0.1, 0.15) is 32.6 Å². The summed E-state index contributed by atoms with van der Waals surface area (Å²) in [5, 5.41) is 9.70. The molecule has 2 aromatic rings. The minimum atomic E-state index is -0.339. The highest BCUT2D eigenvalue weighted by molar-refractivity contribution is 5.89. The number of aryl methyl sites for hydroxylation is 3. The molecule has 0 radical (unpaired) electrons. The molecule has 0 aromatic heterocycles. The third-order valence-electron chi connectivity index (χ3n) is 3.21. The van der Waals surface area contributed by atoms with E-state index >= 15 is 0 Å². The van der Waals surface area contributed by atoms with Gasteiger partial charge in [-0.15, -0.1) is 0 Å². The number of esters is 1. The number of hydrogen-bond donors (Lipinski definition) is 1. The second-order valence-electron chi connectivity index (χ2n) is 5.02. The molecule has 3 nitrogen and oxygen atoms in total. The summed E-state index contributed by atoms with van der Waals surface area (Å²) in [6.45, 7) is 5.83. The van der Waals surface area contributed by atoms with Gasteiger partial charge in [-0.1, -0.05) is 17.7 Å². The summed E-state index contributed by atoms with van der Waals surface area (Å²) in [5.74, 6) is -0.0491. The number of carbonyl (C=O) groups is 1. The summed E-state index contributed by atoms with van der Waals surface area (Å²) in [6.07, 6.45) is 0. The lowest BCUT2D eigenvalue weighted by atomic mass is 10.1. The Hall–Kier alpha value is -2.29. The van der Waals surface area contributed by atoms with Crippen molar-refractivity contribution >= 4 is 5.97 Å². The fourth-order valence-corrected chi connectivity index (χ4v) is 2.05. The van der Waals surface area contributed by atoms with Crippen LogP contribution in [0, 0.1) is 20.8 Å². The Morgan fingerprint density at radius 2 is 1.60 bits per heavy atom. The van der Waals surface area contributed by atoms with E-state index in [1.54, 1.807) is 12.1 Å². The highest BCUT2D eigenvalue weighted by Crippen LogP contribution is 2.23. The summed E-state index contributed by atoms with van der Waals surface area (Å²) in [4.78, 5) is 11.9. The highest BCUT2D eigenvalue weighted by atomic mass is 16.5. The SMILES string of the molecule is Cc1ccc(C(=O)OCc2cc(C)c(O)c(C)c2)cc1. The molecule has 0 amide bonds. The lowest BCUT2D eigenvalue weighted by Gasteiger charge is -2.09. The van der Waals surface area contributed by atoms with Crippen LogP contribution in [-0.2, 0) is 11.3 Å². The zero-order valence-electron chi connectivity index (χ0n) is 11.9. The van der Waals surface area contributed by atoms with Gasteiger partial charge < -0.3 is 9.84 Å². The van der Waals surface area contributed by atoms with Crippen LogP contribution >= 0.6 is 0 Å². The second kappa shape index (κ2) is 5.78. The summed E-state index contributed by atoms with van der Waals surface area (Å²) in [6, 6.07) is 10.9. The molecule has 0 heterocycles. The normalized spacial score (nSPS) is 10.3. The smallest absolute Gasteiger partial charge is 0.338 e. The molecule has 0 atom stereocenters. The Bertz CT molecular complexity index is 604. The molecule has 0 aliphatic rings. The van der Waals surface area contributed by atoms with Gasteiger partial charge in [0.1, 0.15) is 12.4 Å². The van der Waals surface area contributed by atoms with E-state index in [4.69, 9.17) is 4.74 Å². The van der Waals surface area contributed by atoms with Crippen molar-refractivity contribution in [2.75, 3.05) is 0 Å². The van der Waals surface area contributed by atoms with Crippen molar-refractivity contribution in [1.82, 2.24) is 0 Å². The second-order valence-corrected chi connectivity index (χ2v) is 5.02. The molecule has 0 aliphatic heterocycles. The number of aromatic hydroxyl groups is 1. The van der Waals surface area contributed by atoms with Gasteiger partial charge >= 0.3 is 5.97 Å². The quantitative estimate of drug-likeness (QED) is 0.865. The van der Waals surface area contributed by atoms with E-state index in [-0.39, 0.29) is 12.6 Å². The molecule has 104 valence electrons. The lowest BCUT2D eigenvalue weighted by Crippen LogP contribution is -2.05. The number of carbonyl (C=O) groups excluding carboxylic acids is 1. The lowest BCUT2D eigenvalue weighted by molar-refractivity contribution is 0.0472. The van der Waals surface area contributed by atoms with Crippen molar-refractivity contribution in [2.24, 2.45) is 0 Å². The molecular weight excluding hydrogens is 252 g/mol. The molecule has 0 saturated carbocycles. The summed E-state index contributed by atoms with van der Waals surface area (Å²) < 4.78 is 5.28. The van der Waals surface area contributed by atoms with Gasteiger partial charge in [-0.05, 0) is 61.7 Å². The van der Waals surface area contributed by atoms with Gasteiger partial charge in [0.05, 0.1) is 5.56 Å². The van der Waals surface area contributed by atoms with Crippen LogP contribution in [0.5, 0.6) is 5.75 Å². The summed E-state index contributed by atoms with van der Waals surface area (Å²) >= 11 is 0. The van der Waals surface area contributed by atoms with E-state index in [0.29, 0.717) is 11.3 Å². The van der Waals surface area contributed by atoms with E-state index in [1.807, 2.05) is 45.0 Å². The molecule has 2 rings (SSSR count). The van der Waals surface area contributed by atoms with Gasteiger partial charge in [-0.25, -0.2) is 4.79 Å². The van der Waals surface area contributed by atoms with Gasteiger partial charge in [0.15, 0.2) is 0 Å². The zero-order chi connectivity index (χ0) is 14.7. The first-order chi connectivity index (χ1) is 9.47. The fraction of sp³-hybridized carbons (Fsp3) is 0.235. The number of phenols is 1. The molecule has 2 aromatic carbocycles. The van der Waals surface area contributed by atoms with E-state index in [1.165, 1.54) is 0 Å². The fourth-order valence-electron chi connectivity index (χ4n) is 2.05. The number of hydrogen-bond acceptors (Lipinski definition) is 3. The van der Waals surface area contributed by atoms with E-state index in [0.717, 1.165) is 22.3 Å². The number of ether oxygens (including phenoxy) is 1. The minimum absolute atomic E-state index is 0.203. The molecule has 0 saturated heterocycles. The number of benzene rings is 2. The van der Waals surface area contributed by atoms with E-state index < -0.39 is 0 Å². The van der Waals surface area contributed by atoms with Crippen LogP contribution in [0.4, 0.5) is 0 Å². The predicted octanol–water partition coefficient (Wildman–Crippen LogP) is 3.67. The molecule has 0 unspecified atom stereocenters. The molecule has 20 heavy (non-hydrogen) atoms. The highest BCUT2D eigenvalue weighted by Gasteiger charge is 2.08. The van der Waals surface area contributed by atoms with Gasteiger partial charge in [0.25, 0.3) is 0 Å². The molecular formula is C17H18O3. The Kier molecular flexibility index (Phi) is 4.08. The summed E-state index contributed by atoms with van der Waals surface area (Å²) in [7, 11) is 0. The minimum Gasteiger partial charge on any atom is -0.507 e. The summed E-state index contributed by atoms with van der Waals surface area (Å²) in [5.41, 5.74) is 4.09. The van der Waals surface area contributed by atoms with Crippen molar-refractivity contribution in [1.29, 1.82) is 0 Å². The van der Waals surface area contributed by atoms with Crippen molar-refractivity contribution in [3.05, 3.63) is 64.2 Å². The van der Waals surface area contributed by atoms with E-state index in [9.17, 15) is 9.90 Å². The van der Waals surface area contributed by atoms with Gasteiger partial charge in [-0.2, -0.15) is 0 Å². The van der Waals surface area contributed by atoms with Crippen molar-refractivity contribution in [2.45, 2.75) is 27.4 Å². The first kappa shape index (κ1) is 14.1. The number of rotatable bonds is 3.